The van der Waals surface area contributed by atoms with Gasteiger partial charge < -0.3 is 9.73 Å². The Morgan fingerprint density at radius 3 is 2.78 bits per heavy atom. The van der Waals surface area contributed by atoms with E-state index in [9.17, 15) is 0 Å². The molecule has 0 bridgehead atoms. The summed E-state index contributed by atoms with van der Waals surface area (Å²) in [5, 5.41) is 3.12. The minimum absolute atomic E-state index is 0.818. The second-order valence-corrected chi connectivity index (χ2v) is 4.62. The zero-order chi connectivity index (χ0) is 13.0. The van der Waals surface area contributed by atoms with E-state index in [4.69, 9.17) is 4.42 Å². The fraction of sp³-hybridized carbons (Fsp3) is 0.400. The summed E-state index contributed by atoms with van der Waals surface area (Å²) in [6.45, 7) is 5.22. The predicted octanol–water partition coefficient (Wildman–Crippen LogP) is 3.11. The van der Waals surface area contributed by atoms with Gasteiger partial charge in [-0.05, 0) is 51.1 Å². The average Bonchev–Trinajstić information content (AvgIpc) is 2.82. The third kappa shape index (κ3) is 2.99. The molecular formula is C15H20N2O. The van der Waals surface area contributed by atoms with Crippen LogP contribution in [0.15, 0.2) is 28.8 Å². The molecule has 0 aliphatic carbocycles. The van der Waals surface area contributed by atoms with Gasteiger partial charge >= 0.3 is 0 Å². The maximum atomic E-state index is 5.77. The maximum Gasteiger partial charge on any atom is 0.194 e. The Bertz CT molecular complexity index is 517. The van der Waals surface area contributed by atoms with E-state index in [1.165, 1.54) is 11.1 Å². The number of nitrogens with zero attached hydrogens (tertiary/aromatic N) is 1. The predicted molar refractivity (Wildman–Crippen MR) is 73.7 cm³/mol. The van der Waals surface area contributed by atoms with Crippen LogP contribution in [0.1, 0.15) is 23.4 Å². The molecule has 0 fully saturated rings. The molecule has 0 amide bonds. The summed E-state index contributed by atoms with van der Waals surface area (Å²) in [5.41, 5.74) is 3.68. The van der Waals surface area contributed by atoms with Gasteiger partial charge in [0.15, 0.2) is 11.7 Å². The molecule has 0 aliphatic heterocycles. The highest BCUT2D eigenvalue weighted by Gasteiger charge is 2.06. The number of oxazole rings is 1. The van der Waals surface area contributed by atoms with Crippen molar-refractivity contribution in [3.8, 4) is 11.3 Å². The first kappa shape index (κ1) is 12.8. The number of hydrogen-bond donors (Lipinski definition) is 1. The van der Waals surface area contributed by atoms with Crippen LogP contribution >= 0.6 is 0 Å². The molecule has 0 atom stereocenters. The van der Waals surface area contributed by atoms with Crippen molar-refractivity contribution in [3.05, 3.63) is 41.4 Å². The van der Waals surface area contributed by atoms with Crippen molar-refractivity contribution in [1.82, 2.24) is 10.3 Å². The summed E-state index contributed by atoms with van der Waals surface area (Å²) in [5.74, 6) is 1.68. The van der Waals surface area contributed by atoms with Crippen molar-refractivity contribution in [3.63, 3.8) is 0 Å². The summed E-state index contributed by atoms with van der Waals surface area (Å²) in [6.07, 6.45) is 3.74. The van der Waals surface area contributed by atoms with E-state index in [1.807, 2.05) is 13.2 Å². The molecule has 96 valence electrons. The van der Waals surface area contributed by atoms with Crippen LogP contribution in [0.25, 0.3) is 11.3 Å². The molecule has 0 unspecified atom stereocenters. The molecule has 1 aromatic carbocycles. The van der Waals surface area contributed by atoms with Crippen LogP contribution in [0, 0.1) is 13.8 Å². The third-order valence-electron chi connectivity index (χ3n) is 3.16. The summed E-state index contributed by atoms with van der Waals surface area (Å²) < 4.78 is 5.77. The van der Waals surface area contributed by atoms with Crippen LogP contribution in [-0.4, -0.2) is 18.6 Å². The van der Waals surface area contributed by atoms with Gasteiger partial charge in [0.1, 0.15) is 0 Å². The van der Waals surface area contributed by atoms with E-state index >= 15 is 0 Å². The first-order valence-electron chi connectivity index (χ1n) is 6.37. The minimum Gasteiger partial charge on any atom is -0.441 e. The second-order valence-electron chi connectivity index (χ2n) is 4.62. The topological polar surface area (TPSA) is 38.1 Å². The van der Waals surface area contributed by atoms with E-state index in [0.29, 0.717) is 0 Å². The molecule has 1 heterocycles. The molecule has 1 N–H and O–H groups in total. The van der Waals surface area contributed by atoms with Gasteiger partial charge in [-0.25, -0.2) is 4.98 Å². The normalized spacial score (nSPS) is 10.8. The molecule has 0 spiro atoms. The summed E-state index contributed by atoms with van der Waals surface area (Å²) in [7, 11) is 1.95. The van der Waals surface area contributed by atoms with Crippen molar-refractivity contribution >= 4 is 0 Å². The molecule has 2 aromatic rings. The summed E-state index contributed by atoms with van der Waals surface area (Å²) >= 11 is 0. The Morgan fingerprint density at radius 1 is 1.22 bits per heavy atom. The number of nitrogens with one attached hydrogen (secondary N) is 1. The van der Waals surface area contributed by atoms with Crippen LogP contribution in [0.4, 0.5) is 0 Å². The largest absolute Gasteiger partial charge is 0.441 e. The van der Waals surface area contributed by atoms with E-state index in [0.717, 1.165) is 36.6 Å². The first-order valence-corrected chi connectivity index (χ1v) is 6.37. The monoisotopic (exact) mass is 244 g/mol. The van der Waals surface area contributed by atoms with E-state index < -0.39 is 0 Å². The highest BCUT2D eigenvalue weighted by Crippen LogP contribution is 2.23. The van der Waals surface area contributed by atoms with Gasteiger partial charge in [0.2, 0.25) is 0 Å². The van der Waals surface area contributed by atoms with Gasteiger partial charge in [0, 0.05) is 12.0 Å². The van der Waals surface area contributed by atoms with Crippen LogP contribution in [0.2, 0.25) is 0 Å². The zero-order valence-corrected chi connectivity index (χ0v) is 11.3. The van der Waals surface area contributed by atoms with Crippen LogP contribution in [0.3, 0.4) is 0 Å². The molecule has 0 saturated heterocycles. The number of hydrogen-bond acceptors (Lipinski definition) is 3. The lowest BCUT2D eigenvalue weighted by Crippen LogP contribution is -2.08. The summed E-state index contributed by atoms with van der Waals surface area (Å²) in [4.78, 5) is 4.32. The number of aromatic nitrogens is 1. The Hall–Kier alpha value is -1.61. The van der Waals surface area contributed by atoms with Gasteiger partial charge in [0.05, 0.1) is 6.20 Å². The van der Waals surface area contributed by atoms with Gasteiger partial charge in [-0.3, -0.25) is 0 Å². The van der Waals surface area contributed by atoms with Crippen molar-refractivity contribution in [2.45, 2.75) is 26.7 Å². The average molecular weight is 244 g/mol. The lowest BCUT2D eigenvalue weighted by atomic mass is 10.1. The van der Waals surface area contributed by atoms with Gasteiger partial charge in [-0.2, -0.15) is 0 Å². The van der Waals surface area contributed by atoms with Gasteiger partial charge in [-0.1, -0.05) is 12.1 Å². The molecule has 0 radical (unpaired) electrons. The molecule has 2 rings (SSSR count). The maximum absolute atomic E-state index is 5.77. The molecule has 0 saturated carbocycles. The standard InChI is InChI=1S/C15H20N2O/c1-11-6-7-13(9-12(11)2)14-10-17-15(18-14)5-4-8-16-3/h6-7,9-10,16H,4-5,8H2,1-3H3. The Labute approximate surface area is 108 Å². The fourth-order valence-corrected chi connectivity index (χ4v) is 1.87. The lowest BCUT2D eigenvalue weighted by Gasteiger charge is -2.02. The van der Waals surface area contributed by atoms with Gasteiger partial charge in [0.25, 0.3) is 0 Å². The molecular weight excluding hydrogens is 224 g/mol. The number of benzene rings is 1. The quantitative estimate of drug-likeness (QED) is 0.821. The zero-order valence-electron chi connectivity index (χ0n) is 11.3. The molecule has 18 heavy (non-hydrogen) atoms. The number of rotatable bonds is 5. The van der Waals surface area contributed by atoms with Crippen molar-refractivity contribution in [1.29, 1.82) is 0 Å². The van der Waals surface area contributed by atoms with Gasteiger partial charge in [-0.15, -0.1) is 0 Å². The Balaban J connectivity index is 2.11. The van der Waals surface area contributed by atoms with E-state index in [2.05, 4.69) is 42.3 Å². The minimum atomic E-state index is 0.818. The fourth-order valence-electron chi connectivity index (χ4n) is 1.87. The van der Waals surface area contributed by atoms with Crippen molar-refractivity contribution < 1.29 is 4.42 Å². The van der Waals surface area contributed by atoms with Crippen LogP contribution < -0.4 is 5.32 Å². The SMILES string of the molecule is CNCCCc1ncc(-c2ccc(C)c(C)c2)o1. The molecule has 1 aromatic heterocycles. The van der Waals surface area contributed by atoms with Crippen molar-refractivity contribution in [2.75, 3.05) is 13.6 Å². The highest BCUT2D eigenvalue weighted by atomic mass is 16.4. The summed E-state index contributed by atoms with van der Waals surface area (Å²) in [6, 6.07) is 6.35. The Morgan fingerprint density at radius 2 is 2.06 bits per heavy atom. The third-order valence-corrected chi connectivity index (χ3v) is 3.16. The highest BCUT2D eigenvalue weighted by molar-refractivity contribution is 5.58. The molecule has 0 aliphatic rings. The van der Waals surface area contributed by atoms with E-state index in [-0.39, 0.29) is 0 Å². The van der Waals surface area contributed by atoms with Crippen LogP contribution in [0.5, 0.6) is 0 Å². The smallest absolute Gasteiger partial charge is 0.194 e. The second kappa shape index (κ2) is 5.83. The molecule has 3 heteroatoms. The molecule has 3 nitrogen and oxygen atoms in total. The van der Waals surface area contributed by atoms with Crippen LogP contribution in [-0.2, 0) is 6.42 Å². The van der Waals surface area contributed by atoms with Crippen molar-refractivity contribution in [2.24, 2.45) is 0 Å². The lowest BCUT2D eigenvalue weighted by molar-refractivity contribution is 0.495. The number of aryl methyl sites for hydroxylation is 3. The Kier molecular flexibility index (Phi) is 4.15. The van der Waals surface area contributed by atoms with E-state index in [1.54, 1.807) is 0 Å². The first-order chi connectivity index (χ1) is 8.70.